The summed E-state index contributed by atoms with van der Waals surface area (Å²) >= 11 is 5.51. The van der Waals surface area contributed by atoms with E-state index in [0.29, 0.717) is 6.54 Å². The molecule has 3 N–H and O–H groups in total. The second kappa shape index (κ2) is 5.91. The molecule has 0 unspecified atom stereocenters. The van der Waals surface area contributed by atoms with E-state index in [4.69, 9.17) is 16.8 Å². The van der Waals surface area contributed by atoms with Crippen molar-refractivity contribution >= 4 is 28.5 Å². The number of carbonyl (C=O) groups excluding carboxylic acids is 1. The summed E-state index contributed by atoms with van der Waals surface area (Å²) in [6.07, 6.45) is 0. The number of carbonyl (C=O) groups is 1. The Morgan fingerprint density at radius 2 is 2.38 bits per heavy atom. The molecule has 0 aromatic carbocycles. The molecule has 88 valence electrons. The van der Waals surface area contributed by atoms with Crippen LogP contribution in [-0.4, -0.2) is 39.7 Å². The van der Waals surface area contributed by atoms with Crippen LogP contribution >= 0.6 is 11.6 Å². The van der Waals surface area contributed by atoms with Gasteiger partial charge in [-0.15, -0.1) is 0 Å². The van der Waals surface area contributed by atoms with Gasteiger partial charge in [-0.2, -0.15) is 0 Å². The first kappa shape index (κ1) is 12.2. The van der Waals surface area contributed by atoms with Crippen molar-refractivity contribution in [1.29, 1.82) is 0 Å². The third kappa shape index (κ3) is 3.09. The van der Waals surface area contributed by atoms with Crippen LogP contribution in [0.25, 0.3) is 0 Å². The zero-order chi connectivity index (χ0) is 12.0. The van der Waals surface area contributed by atoms with Crippen molar-refractivity contribution in [2.75, 3.05) is 18.4 Å². The average molecular weight is 248 g/mol. The molecule has 0 spiro atoms. The molecule has 0 aliphatic carbocycles. The molecule has 0 saturated carbocycles. The van der Waals surface area contributed by atoms with Crippen molar-refractivity contribution in [3.05, 3.63) is 5.69 Å². The number of rotatable bonds is 5. The molecule has 0 bridgehead atoms. The van der Waals surface area contributed by atoms with Gasteiger partial charge in [0.25, 0.3) is 0 Å². The minimum absolute atomic E-state index is 0.00928. The van der Waals surface area contributed by atoms with Crippen LogP contribution in [0.4, 0.5) is 5.82 Å². The van der Waals surface area contributed by atoms with Crippen LogP contribution in [0.5, 0.6) is 0 Å². The Hall–Kier alpha value is -1.83. The first-order chi connectivity index (χ1) is 7.69. The molecule has 0 saturated heterocycles. The van der Waals surface area contributed by atoms with E-state index in [1.165, 1.54) is 0 Å². The molecule has 16 heavy (non-hydrogen) atoms. The van der Waals surface area contributed by atoms with Crippen LogP contribution in [0.2, 0.25) is 0 Å². The molecule has 1 aromatic heterocycles. The van der Waals surface area contributed by atoms with E-state index in [2.05, 4.69) is 30.7 Å². The number of likely N-dealkylation sites (N-methyl/N-ethyl adjacent to an activating group) is 1. The largest absolute Gasteiger partial charge is 0.410 e. The lowest BCUT2D eigenvalue weighted by Crippen LogP contribution is -2.29. The van der Waals surface area contributed by atoms with Crippen molar-refractivity contribution in [1.82, 2.24) is 15.6 Å². The van der Waals surface area contributed by atoms with Gasteiger partial charge in [0.1, 0.15) is 0 Å². The normalized spacial score (nSPS) is 11.2. The van der Waals surface area contributed by atoms with Gasteiger partial charge < -0.3 is 15.8 Å². The van der Waals surface area contributed by atoms with Gasteiger partial charge >= 0.3 is 0 Å². The lowest BCUT2D eigenvalue weighted by atomic mass is 10.4. The Morgan fingerprint density at radius 1 is 1.62 bits per heavy atom. The lowest BCUT2D eigenvalue weighted by molar-refractivity contribution is -0.119. The maximum atomic E-state index is 11.1. The number of halogens is 1. The minimum atomic E-state index is -0.278. The number of nitrogens with zero attached hydrogens (tertiary/aromatic N) is 3. The Kier molecular flexibility index (Phi) is 4.52. The highest BCUT2D eigenvalue weighted by molar-refractivity contribution is 6.69. The maximum Gasteiger partial charge on any atom is 0.239 e. The van der Waals surface area contributed by atoms with Crippen LogP contribution in [0.1, 0.15) is 12.6 Å². The molecule has 0 aliphatic heterocycles. The van der Waals surface area contributed by atoms with Gasteiger partial charge in [-0.1, -0.05) is 16.8 Å². The number of amides is 1. The number of hydrogen-bond donors (Lipinski definition) is 3. The monoisotopic (exact) mass is 247 g/mol. The first-order valence-corrected chi connectivity index (χ1v) is 4.77. The highest BCUT2D eigenvalue weighted by Crippen LogP contribution is 2.12. The second-order valence-electron chi connectivity index (χ2n) is 2.66. The molecular formula is C7H10ClN5O3. The highest BCUT2D eigenvalue weighted by atomic mass is 35.5. The fraction of sp³-hybridized carbons (Fsp3) is 0.429. The van der Waals surface area contributed by atoms with Crippen molar-refractivity contribution in [3.8, 4) is 0 Å². The van der Waals surface area contributed by atoms with E-state index in [1.54, 1.807) is 6.92 Å². The van der Waals surface area contributed by atoms with E-state index in [1.807, 2.05) is 0 Å². The van der Waals surface area contributed by atoms with Crippen molar-refractivity contribution in [2.45, 2.75) is 6.92 Å². The second-order valence-corrected chi connectivity index (χ2v) is 3.02. The summed E-state index contributed by atoms with van der Waals surface area (Å²) in [5.74, 6) is -0.0810. The maximum absolute atomic E-state index is 11.1. The van der Waals surface area contributed by atoms with Gasteiger partial charge in [0.15, 0.2) is 5.69 Å². The zero-order valence-electron chi connectivity index (χ0n) is 8.40. The van der Waals surface area contributed by atoms with Crippen molar-refractivity contribution in [2.24, 2.45) is 5.16 Å². The molecule has 9 heteroatoms. The third-order valence-corrected chi connectivity index (χ3v) is 1.82. The van der Waals surface area contributed by atoms with Gasteiger partial charge in [0.2, 0.25) is 16.9 Å². The Balaban J connectivity index is 2.61. The molecule has 0 atom stereocenters. The summed E-state index contributed by atoms with van der Waals surface area (Å²) in [5, 5.41) is 23.0. The minimum Gasteiger partial charge on any atom is -0.410 e. The van der Waals surface area contributed by atoms with Gasteiger partial charge in [-0.3, -0.25) is 4.79 Å². The summed E-state index contributed by atoms with van der Waals surface area (Å²) < 4.78 is 4.39. The van der Waals surface area contributed by atoms with Crippen molar-refractivity contribution < 1.29 is 14.6 Å². The molecule has 1 amide bonds. The molecule has 1 heterocycles. The average Bonchev–Trinajstić information content (AvgIpc) is 2.74. The summed E-state index contributed by atoms with van der Waals surface area (Å²) in [5.41, 5.74) is 0.0356. The Labute approximate surface area is 95.6 Å². The standard InChI is InChI=1S/C7H10ClN5O3/c1-2-9-4(14)3-10-7-5(6(8)11-15)12-16-13-7/h15H,2-3H2,1H3,(H,9,14)(H,10,13). The molecule has 1 aromatic rings. The van der Waals surface area contributed by atoms with E-state index in [0.717, 1.165) is 0 Å². The predicted octanol–water partition coefficient (Wildman–Crippen LogP) is -0.00780. The Bertz CT molecular complexity index is 391. The van der Waals surface area contributed by atoms with Gasteiger partial charge in [-0.05, 0) is 17.2 Å². The first-order valence-electron chi connectivity index (χ1n) is 4.40. The molecular weight excluding hydrogens is 238 g/mol. The number of aromatic nitrogens is 2. The van der Waals surface area contributed by atoms with E-state index in [9.17, 15) is 4.79 Å². The van der Waals surface area contributed by atoms with Crippen LogP contribution in [-0.2, 0) is 4.79 Å². The Morgan fingerprint density at radius 3 is 3.00 bits per heavy atom. The number of oxime groups is 1. The summed E-state index contributed by atoms with van der Waals surface area (Å²) in [7, 11) is 0. The molecule has 8 nitrogen and oxygen atoms in total. The lowest BCUT2D eigenvalue weighted by Gasteiger charge is -2.02. The SMILES string of the molecule is CCNC(=O)CNc1nonc1C(Cl)=NO. The molecule has 0 radical (unpaired) electrons. The summed E-state index contributed by atoms with van der Waals surface area (Å²) in [6.45, 7) is 2.32. The highest BCUT2D eigenvalue weighted by Gasteiger charge is 2.15. The quantitative estimate of drug-likeness (QED) is 0.383. The summed E-state index contributed by atoms with van der Waals surface area (Å²) in [4.78, 5) is 11.1. The number of anilines is 1. The smallest absolute Gasteiger partial charge is 0.239 e. The summed E-state index contributed by atoms with van der Waals surface area (Å²) in [6, 6.07) is 0. The van der Waals surface area contributed by atoms with E-state index in [-0.39, 0.29) is 29.1 Å². The van der Waals surface area contributed by atoms with Gasteiger partial charge in [-0.25, -0.2) is 4.63 Å². The topological polar surface area (TPSA) is 113 Å². The van der Waals surface area contributed by atoms with Crippen LogP contribution in [0, 0.1) is 0 Å². The van der Waals surface area contributed by atoms with E-state index < -0.39 is 0 Å². The fourth-order valence-electron chi connectivity index (χ4n) is 0.911. The van der Waals surface area contributed by atoms with Gasteiger partial charge in [0, 0.05) is 6.54 Å². The third-order valence-electron chi connectivity index (χ3n) is 1.56. The van der Waals surface area contributed by atoms with Crippen LogP contribution < -0.4 is 10.6 Å². The number of nitrogens with one attached hydrogen (secondary N) is 2. The molecule has 1 rings (SSSR count). The predicted molar refractivity (Wildman–Crippen MR) is 55.6 cm³/mol. The zero-order valence-corrected chi connectivity index (χ0v) is 9.15. The number of hydrogen-bond acceptors (Lipinski definition) is 7. The molecule has 0 fully saturated rings. The van der Waals surface area contributed by atoms with Gasteiger partial charge in [0.05, 0.1) is 6.54 Å². The fourth-order valence-corrected chi connectivity index (χ4v) is 1.03. The van der Waals surface area contributed by atoms with E-state index >= 15 is 0 Å². The van der Waals surface area contributed by atoms with Crippen molar-refractivity contribution in [3.63, 3.8) is 0 Å². The van der Waals surface area contributed by atoms with Crippen LogP contribution in [0.15, 0.2) is 9.78 Å². The van der Waals surface area contributed by atoms with Crippen LogP contribution in [0.3, 0.4) is 0 Å². The molecule has 0 aliphatic rings.